The maximum absolute atomic E-state index is 4.77. The number of aromatic nitrogens is 3. The number of nitrogens with one attached hydrogen (secondary N) is 2. The van der Waals surface area contributed by atoms with E-state index in [1.165, 1.54) is 11.3 Å². The van der Waals surface area contributed by atoms with Gasteiger partial charge in [-0.25, -0.2) is 9.98 Å². The largest absolute Gasteiger partial charge is 0.357 e. The van der Waals surface area contributed by atoms with Crippen LogP contribution in [0.3, 0.4) is 0 Å². The molecule has 0 bridgehead atoms. The van der Waals surface area contributed by atoms with Crippen LogP contribution in [0.4, 0.5) is 0 Å². The zero-order valence-electron chi connectivity index (χ0n) is 16.4. The summed E-state index contributed by atoms with van der Waals surface area (Å²) in [5.41, 5.74) is 4.82. The first-order chi connectivity index (χ1) is 12.1. The molecule has 0 aliphatic rings. The molecule has 8 heteroatoms. The molecule has 6 nitrogen and oxygen atoms in total. The number of thiazole rings is 1. The lowest BCUT2D eigenvalue weighted by Crippen LogP contribution is -2.38. The highest BCUT2D eigenvalue weighted by Gasteiger charge is 2.13. The monoisotopic (exact) mass is 490 g/mol. The Kier molecular flexibility index (Phi) is 10.1. The first-order valence-corrected chi connectivity index (χ1v) is 9.93. The molecule has 146 valence electrons. The van der Waals surface area contributed by atoms with Crippen molar-refractivity contribution in [2.75, 3.05) is 13.1 Å². The second-order valence-electron chi connectivity index (χ2n) is 5.93. The molecule has 2 N–H and O–H groups in total. The molecule has 26 heavy (non-hydrogen) atoms. The van der Waals surface area contributed by atoms with Gasteiger partial charge in [0.25, 0.3) is 0 Å². The SMILES string of the molecule is CCNC(=NCc1c(CC)nn(C)c1CC)NCCc1csc(C)n1.I. The lowest BCUT2D eigenvalue weighted by Gasteiger charge is -2.11. The van der Waals surface area contributed by atoms with Crippen molar-refractivity contribution in [2.24, 2.45) is 12.0 Å². The van der Waals surface area contributed by atoms with E-state index in [1.807, 2.05) is 18.7 Å². The molecule has 0 saturated carbocycles. The van der Waals surface area contributed by atoms with Crippen molar-refractivity contribution < 1.29 is 0 Å². The fraction of sp³-hybridized carbons (Fsp3) is 0.611. The average Bonchev–Trinajstić information content (AvgIpc) is 3.14. The Labute approximate surface area is 177 Å². The summed E-state index contributed by atoms with van der Waals surface area (Å²) in [7, 11) is 2.02. The number of guanidine groups is 1. The van der Waals surface area contributed by atoms with Gasteiger partial charge in [0.1, 0.15) is 0 Å². The fourth-order valence-electron chi connectivity index (χ4n) is 2.90. The number of aryl methyl sites for hydroxylation is 3. The quantitative estimate of drug-likeness (QED) is 0.339. The normalized spacial score (nSPS) is 11.3. The minimum absolute atomic E-state index is 0. The number of rotatable bonds is 8. The van der Waals surface area contributed by atoms with E-state index >= 15 is 0 Å². The number of hydrogen-bond acceptors (Lipinski definition) is 4. The zero-order valence-corrected chi connectivity index (χ0v) is 19.6. The van der Waals surface area contributed by atoms with Crippen LogP contribution in [0, 0.1) is 6.92 Å². The lowest BCUT2D eigenvalue weighted by atomic mass is 10.1. The maximum atomic E-state index is 4.77. The zero-order chi connectivity index (χ0) is 18.2. The summed E-state index contributed by atoms with van der Waals surface area (Å²) < 4.78 is 1.99. The molecule has 0 amide bonds. The Morgan fingerprint density at radius 2 is 2.00 bits per heavy atom. The first-order valence-electron chi connectivity index (χ1n) is 9.05. The summed E-state index contributed by atoms with van der Waals surface area (Å²) in [6, 6.07) is 0. The third-order valence-electron chi connectivity index (χ3n) is 4.11. The molecule has 0 radical (unpaired) electrons. The molecule has 0 unspecified atom stereocenters. The van der Waals surface area contributed by atoms with Crippen LogP contribution in [0.15, 0.2) is 10.4 Å². The third kappa shape index (κ3) is 6.22. The van der Waals surface area contributed by atoms with E-state index < -0.39 is 0 Å². The number of hydrogen-bond donors (Lipinski definition) is 2. The number of aliphatic imine (C=N–C) groups is 1. The molecule has 0 fully saturated rings. The Bertz CT molecular complexity index is 707. The van der Waals surface area contributed by atoms with Crippen molar-refractivity contribution in [1.82, 2.24) is 25.4 Å². The van der Waals surface area contributed by atoms with Gasteiger partial charge in [-0.1, -0.05) is 13.8 Å². The fourth-order valence-corrected chi connectivity index (χ4v) is 3.55. The molecule has 2 rings (SSSR count). The Morgan fingerprint density at radius 1 is 1.23 bits per heavy atom. The van der Waals surface area contributed by atoms with Gasteiger partial charge in [0.2, 0.25) is 0 Å². The first kappa shape index (κ1) is 22.9. The highest BCUT2D eigenvalue weighted by Crippen LogP contribution is 2.16. The van der Waals surface area contributed by atoms with Gasteiger partial charge in [-0.3, -0.25) is 4.68 Å². The van der Waals surface area contributed by atoms with E-state index in [2.05, 4.69) is 46.9 Å². The highest BCUT2D eigenvalue weighted by atomic mass is 127. The van der Waals surface area contributed by atoms with Gasteiger partial charge in [0.15, 0.2) is 5.96 Å². The average molecular weight is 490 g/mol. The summed E-state index contributed by atoms with van der Waals surface area (Å²) in [6.07, 6.45) is 2.81. The molecule has 2 aromatic heterocycles. The van der Waals surface area contributed by atoms with Gasteiger partial charge < -0.3 is 10.6 Å². The molecule has 2 heterocycles. The molecule has 0 saturated heterocycles. The Balaban J connectivity index is 0.00000338. The Hall–Kier alpha value is -1.16. The van der Waals surface area contributed by atoms with Crippen LogP contribution < -0.4 is 10.6 Å². The second-order valence-corrected chi connectivity index (χ2v) is 6.99. The van der Waals surface area contributed by atoms with Crippen molar-refractivity contribution in [3.05, 3.63) is 33.0 Å². The molecule has 2 aromatic rings. The number of nitrogens with zero attached hydrogens (tertiary/aromatic N) is 4. The predicted molar refractivity (Wildman–Crippen MR) is 121 cm³/mol. The van der Waals surface area contributed by atoms with Gasteiger partial charge in [-0.15, -0.1) is 35.3 Å². The highest BCUT2D eigenvalue weighted by molar-refractivity contribution is 14.0. The van der Waals surface area contributed by atoms with E-state index in [-0.39, 0.29) is 24.0 Å². The van der Waals surface area contributed by atoms with E-state index in [0.717, 1.165) is 54.7 Å². The van der Waals surface area contributed by atoms with Crippen molar-refractivity contribution in [1.29, 1.82) is 0 Å². The molecule has 0 aromatic carbocycles. The van der Waals surface area contributed by atoms with Gasteiger partial charge in [-0.05, 0) is 26.7 Å². The van der Waals surface area contributed by atoms with Crippen LogP contribution in [0.1, 0.15) is 48.4 Å². The summed E-state index contributed by atoms with van der Waals surface area (Å²) in [5.74, 6) is 0.849. The summed E-state index contributed by atoms with van der Waals surface area (Å²) in [6.45, 7) is 10.8. The van der Waals surface area contributed by atoms with Gasteiger partial charge in [0.05, 0.1) is 22.9 Å². The lowest BCUT2D eigenvalue weighted by molar-refractivity contribution is 0.703. The predicted octanol–water partition coefficient (Wildman–Crippen LogP) is 3.23. The van der Waals surface area contributed by atoms with Crippen LogP contribution in [-0.2, 0) is 32.9 Å². The molecule has 0 atom stereocenters. The van der Waals surface area contributed by atoms with E-state index in [4.69, 9.17) is 4.99 Å². The maximum Gasteiger partial charge on any atom is 0.191 e. The second kappa shape index (κ2) is 11.5. The van der Waals surface area contributed by atoms with Gasteiger partial charge >= 0.3 is 0 Å². The topological polar surface area (TPSA) is 67.1 Å². The third-order valence-corrected chi connectivity index (χ3v) is 4.93. The van der Waals surface area contributed by atoms with Crippen LogP contribution in [-0.4, -0.2) is 33.8 Å². The minimum Gasteiger partial charge on any atom is -0.357 e. The van der Waals surface area contributed by atoms with Crippen molar-refractivity contribution in [3.63, 3.8) is 0 Å². The molecular formula is C18H31IN6S. The van der Waals surface area contributed by atoms with E-state index in [9.17, 15) is 0 Å². The Morgan fingerprint density at radius 3 is 2.58 bits per heavy atom. The van der Waals surface area contributed by atoms with Gasteiger partial charge in [-0.2, -0.15) is 5.10 Å². The minimum atomic E-state index is 0. The summed E-state index contributed by atoms with van der Waals surface area (Å²) >= 11 is 1.70. The van der Waals surface area contributed by atoms with E-state index in [0.29, 0.717) is 6.54 Å². The molecule has 0 spiro atoms. The molecule has 0 aliphatic heterocycles. The van der Waals surface area contributed by atoms with Crippen molar-refractivity contribution in [3.8, 4) is 0 Å². The van der Waals surface area contributed by atoms with Crippen molar-refractivity contribution in [2.45, 2.75) is 53.5 Å². The molecule has 0 aliphatic carbocycles. The van der Waals surface area contributed by atoms with Crippen LogP contribution in [0.5, 0.6) is 0 Å². The van der Waals surface area contributed by atoms with Crippen LogP contribution in [0.25, 0.3) is 0 Å². The standard InChI is InChI=1S/C18H30N6S.HI/c1-6-16-15(17(7-2)24(5)23-16)11-21-18(19-8-3)20-10-9-14-12-25-13(4)22-14;/h12H,6-11H2,1-5H3,(H2,19,20,21);1H. The van der Waals surface area contributed by atoms with Crippen LogP contribution >= 0.6 is 35.3 Å². The summed E-state index contributed by atoms with van der Waals surface area (Å²) in [4.78, 5) is 9.28. The number of halogens is 1. The van der Waals surface area contributed by atoms with Crippen molar-refractivity contribution >= 4 is 41.3 Å². The van der Waals surface area contributed by atoms with Crippen LogP contribution in [0.2, 0.25) is 0 Å². The van der Waals surface area contributed by atoms with E-state index in [1.54, 1.807) is 11.3 Å². The van der Waals surface area contributed by atoms with Gasteiger partial charge in [0, 0.05) is 43.2 Å². The smallest absolute Gasteiger partial charge is 0.191 e. The molecular weight excluding hydrogens is 459 g/mol. The summed E-state index contributed by atoms with van der Waals surface area (Å²) in [5, 5.41) is 14.6.